The van der Waals surface area contributed by atoms with Gasteiger partial charge in [0.25, 0.3) is 0 Å². The van der Waals surface area contributed by atoms with Gasteiger partial charge < -0.3 is 10.1 Å². The maximum absolute atomic E-state index is 10.4. The maximum Gasteiger partial charge on any atom is 0.123 e. The highest BCUT2D eigenvalue weighted by Gasteiger charge is 2.30. The van der Waals surface area contributed by atoms with E-state index in [4.69, 9.17) is 0 Å². The molecule has 0 radical (unpaired) electrons. The smallest absolute Gasteiger partial charge is 0.123 e. The second-order valence-electron chi connectivity index (χ2n) is 3.57. The van der Waals surface area contributed by atoms with Crippen molar-refractivity contribution in [2.45, 2.75) is 12.8 Å². The van der Waals surface area contributed by atoms with E-state index in [0.717, 1.165) is 19.1 Å². The zero-order valence-corrected chi connectivity index (χ0v) is 7.44. The van der Waals surface area contributed by atoms with Crippen LogP contribution in [0.5, 0.6) is 0 Å². The summed E-state index contributed by atoms with van der Waals surface area (Å²) in [7, 11) is 0. The molecule has 2 nitrogen and oxygen atoms in total. The van der Waals surface area contributed by atoms with Crippen LogP contribution in [-0.2, 0) is 4.79 Å². The van der Waals surface area contributed by atoms with E-state index in [1.54, 1.807) is 0 Å². The van der Waals surface area contributed by atoms with Crippen LogP contribution < -0.4 is 5.32 Å². The van der Waals surface area contributed by atoms with E-state index in [9.17, 15) is 4.79 Å². The summed E-state index contributed by atoms with van der Waals surface area (Å²) in [5.74, 6) is 0.853. The van der Waals surface area contributed by atoms with Crippen LogP contribution in [0.25, 0.3) is 0 Å². The number of nitrogens with one attached hydrogen (secondary N) is 1. The van der Waals surface area contributed by atoms with Crippen molar-refractivity contribution in [3.63, 3.8) is 0 Å². The van der Waals surface area contributed by atoms with Crippen LogP contribution in [-0.4, -0.2) is 6.29 Å². The normalized spacial score (nSPS) is 31.2. The predicted octanol–water partition coefficient (Wildman–Crippen LogP) is 1.77. The standard InChI is InChI=1S/C11H13NO/c13-8-9-6-10(7-9)11-4-2-1-3-5-12-11/h1-5,8-10,12H,6-7H2. The summed E-state index contributed by atoms with van der Waals surface area (Å²) >= 11 is 0. The quantitative estimate of drug-likeness (QED) is 0.648. The minimum absolute atomic E-state index is 0.295. The third kappa shape index (κ3) is 1.72. The fraction of sp³-hybridized carbons (Fsp3) is 0.364. The van der Waals surface area contributed by atoms with Crippen LogP contribution in [0.3, 0.4) is 0 Å². The molecular formula is C11H13NO. The molecule has 0 atom stereocenters. The zero-order valence-electron chi connectivity index (χ0n) is 7.44. The molecule has 1 aliphatic heterocycles. The van der Waals surface area contributed by atoms with Crippen molar-refractivity contribution in [2.75, 3.05) is 0 Å². The lowest BCUT2D eigenvalue weighted by Crippen LogP contribution is -2.30. The highest BCUT2D eigenvalue weighted by molar-refractivity contribution is 5.55. The summed E-state index contributed by atoms with van der Waals surface area (Å²) in [4.78, 5) is 10.4. The molecule has 0 bridgehead atoms. The first-order valence-corrected chi connectivity index (χ1v) is 4.65. The summed E-state index contributed by atoms with van der Waals surface area (Å²) in [6.07, 6.45) is 13.1. The molecule has 0 aromatic heterocycles. The number of hydrogen-bond donors (Lipinski definition) is 1. The van der Waals surface area contributed by atoms with Crippen molar-refractivity contribution in [3.8, 4) is 0 Å². The van der Waals surface area contributed by atoms with E-state index >= 15 is 0 Å². The Labute approximate surface area is 78.0 Å². The molecule has 13 heavy (non-hydrogen) atoms. The Balaban J connectivity index is 1.95. The second kappa shape index (κ2) is 3.60. The van der Waals surface area contributed by atoms with Crippen LogP contribution in [0.1, 0.15) is 12.8 Å². The number of aldehydes is 1. The van der Waals surface area contributed by atoms with Crippen molar-refractivity contribution in [1.82, 2.24) is 5.32 Å². The van der Waals surface area contributed by atoms with Gasteiger partial charge in [-0.3, -0.25) is 0 Å². The molecule has 2 heteroatoms. The Morgan fingerprint density at radius 1 is 1.31 bits per heavy atom. The van der Waals surface area contributed by atoms with Gasteiger partial charge in [-0.25, -0.2) is 0 Å². The Kier molecular flexibility index (Phi) is 2.30. The highest BCUT2D eigenvalue weighted by Crippen LogP contribution is 2.36. The monoisotopic (exact) mass is 175 g/mol. The molecule has 1 saturated carbocycles. The van der Waals surface area contributed by atoms with Gasteiger partial charge in [-0.05, 0) is 25.0 Å². The molecule has 0 unspecified atom stereocenters. The first-order valence-electron chi connectivity index (χ1n) is 4.65. The van der Waals surface area contributed by atoms with Crippen LogP contribution in [0.2, 0.25) is 0 Å². The largest absolute Gasteiger partial charge is 0.365 e. The lowest BCUT2D eigenvalue weighted by Gasteiger charge is -2.33. The summed E-state index contributed by atoms with van der Waals surface area (Å²) in [6, 6.07) is 0. The second-order valence-corrected chi connectivity index (χ2v) is 3.57. The molecule has 0 aromatic carbocycles. The van der Waals surface area contributed by atoms with Crippen molar-refractivity contribution in [1.29, 1.82) is 0 Å². The molecule has 0 saturated heterocycles. The highest BCUT2D eigenvalue weighted by atomic mass is 16.1. The molecule has 0 aromatic rings. The van der Waals surface area contributed by atoms with Crippen LogP contribution in [0.15, 0.2) is 36.2 Å². The fourth-order valence-corrected chi connectivity index (χ4v) is 1.75. The Bertz CT molecular complexity index is 282. The van der Waals surface area contributed by atoms with Crippen LogP contribution in [0, 0.1) is 11.8 Å². The van der Waals surface area contributed by atoms with Gasteiger partial charge in [0.1, 0.15) is 6.29 Å². The summed E-state index contributed by atoms with van der Waals surface area (Å²) in [6.45, 7) is 0. The molecule has 1 heterocycles. The number of allylic oxidation sites excluding steroid dienone is 5. The first kappa shape index (κ1) is 8.30. The molecule has 68 valence electrons. The predicted molar refractivity (Wildman–Crippen MR) is 51.8 cm³/mol. The van der Waals surface area contributed by atoms with Crippen molar-refractivity contribution in [2.24, 2.45) is 11.8 Å². The number of rotatable bonds is 2. The van der Waals surface area contributed by atoms with E-state index < -0.39 is 0 Å². The van der Waals surface area contributed by atoms with Gasteiger partial charge in [-0.1, -0.05) is 12.2 Å². The lowest BCUT2D eigenvalue weighted by atomic mass is 9.74. The van der Waals surface area contributed by atoms with E-state index in [1.807, 2.05) is 24.4 Å². The molecule has 1 N–H and O–H groups in total. The van der Waals surface area contributed by atoms with Crippen LogP contribution in [0.4, 0.5) is 0 Å². The lowest BCUT2D eigenvalue weighted by molar-refractivity contribution is -0.114. The Hall–Kier alpha value is -1.31. The molecule has 0 amide bonds. The van der Waals surface area contributed by atoms with Gasteiger partial charge in [0.2, 0.25) is 0 Å². The van der Waals surface area contributed by atoms with Gasteiger partial charge in [0.15, 0.2) is 0 Å². The Morgan fingerprint density at radius 2 is 2.15 bits per heavy atom. The van der Waals surface area contributed by atoms with Gasteiger partial charge in [0, 0.05) is 23.7 Å². The molecule has 2 aliphatic rings. The van der Waals surface area contributed by atoms with Gasteiger partial charge >= 0.3 is 0 Å². The minimum Gasteiger partial charge on any atom is -0.365 e. The SMILES string of the molecule is O=CC1CC(C2=CC=CC=CN2)C1. The van der Waals surface area contributed by atoms with E-state index in [-0.39, 0.29) is 0 Å². The molecule has 0 spiro atoms. The molecule has 2 rings (SSSR count). The number of carbonyl (C=O) groups excluding carboxylic acids is 1. The topological polar surface area (TPSA) is 29.1 Å². The van der Waals surface area contributed by atoms with E-state index in [0.29, 0.717) is 11.8 Å². The average Bonchev–Trinajstić information content (AvgIpc) is 2.31. The first-order chi connectivity index (χ1) is 6.40. The maximum atomic E-state index is 10.4. The molecular weight excluding hydrogens is 162 g/mol. The summed E-state index contributed by atoms with van der Waals surface area (Å²) in [5.41, 5.74) is 1.24. The van der Waals surface area contributed by atoms with E-state index in [1.165, 1.54) is 5.70 Å². The van der Waals surface area contributed by atoms with E-state index in [2.05, 4.69) is 11.4 Å². The minimum atomic E-state index is 0.295. The third-order valence-corrected chi connectivity index (χ3v) is 2.65. The third-order valence-electron chi connectivity index (χ3n) is 2.65. The molecule has 1 aliphatic carbocycles. The fourth-order valence-electron chi connectivity index (χ4n) is 1.75. The van der Waals surface area contributed by atoms with Crippen molar-refractivity contribution in [3.05, 3.63) is 36.2 Å². The average molecular weight is 175 g/mol. The van der Waals surface area contributed by atoms with Gasteiger partial charge in [0.05, 0.1) is 0 Å². The Morgan fingerprint density at radius 3 is 2.92 bits per heavy atom. The number of carbonyl (C=O) groups is 1. The van der Waals surface area contributed by atoms with Gasteiger partial charge in [-0.15, -0.1) is 0 Å². The van der Waals surface area contributed by atoms with Gasteiger partial charge in [-0.2, -0.15) is 0 Å². The summed E-state index contributed by atoms with van der Waals surface area (Å²) in [5, 5.41) is 3.23. The zero-order chi connectivity index (χ0) is 9.10. The summed E-state index contributed by atoms with van der Waals surface area (Å²) < 4.78 is 0. The van der Waals surface area contributed by atoms with Crippen molar-refractivity contribution < 1.29 is 4.79 Å². The molecule has 1 fully saturated rings. The van der Waals surface area contributed by atoms with Crippen LogP contribution >= 0.6 is 0 Å². The van der Waals surface area contributed by atoms with Crippen molar-refractivity contribution >= 4 is 6.29 Å². The number of hydrogen-bond acceptors (Lipinski definition) is 2.